The van der Waals surface area contributed by atoms with Gasteiger partial charge >= 0.3 is 0 Å². The lowest BCUT2D eigenvalue weighted by Crippen LogP contribution is -2.50. The SMILES string of the molecule is Fc1ccc2oc(NCC3CN(c4ccc5nncn5n4)C3)nc2c1. The summed E-state index contributed by atoms with van der Waals surface area (Å²) >= 11 is 0. The first-order chi connectivity index (χ1) is 12.2. The number of benzene rings is 1. The van der Waals surface area contributed by atoms with Gasteiger partial charge in [-0.05, 0) is 24.3 Å². The lowest BCUT2D eigenvalue weighted by atomic mass is 10.0. The summed E-state index contributed by atoms with van der Waals surface area (Å²) < 4.78 is 20.4. The number of hydrogen-bond donors (Lipinski definition) is 1. The van der Waals surface area contributed by atoms with Gasteiger partial charge in [0.15, 0.2) is 11.2 Å². The molecule has 0 bridgehead atoms. The Hall–Kier alpha value is -3.23. The van der Waals surface area contributed by atoms with E-state index in [2.05, 4.69) is 30.5 Å². The molecule has 0 unspecified atom stereocenters. The van der Waals surface area contributed by atoms with Crippen LogP contribution in [0.25, 0.3) is 16.7 Å². The van der Waals surface area contributed by atoms with Crippen molar-refractivity contribution in [2.75, 3.05) is 29.9 Å². The first-order valence-corrected chi connectivity index (χ1v) is 7.96. The minimum Gasteiger partial charge on any atom is -0.424 e. The molecule has 126 valence electrons. The van der Waals surface area contributed by atoms with E-state index in [0.29, 0.717) is 23.0 Å². The minimum atomic E-state index is -0.320. The molecule has 25 heavy (non-hydrogen) atoms. The second-order valence-corrected chi connectivity index (χ2v) is 6.11. The second kappa shape index (κ2) is 5.40. The van der Waals surface area contributed by atoms with Gasteiger partial charge in [0.05, 0.1) is 0 Å². The fourth-order valence-corrected chi connectivity index (χ4v) is 2.98. The molecule has 4 heterocycles. The normalized spacial score (nSPS) is 15.0. The summed E-state index contributed by atoms with van der Waals surface area (Å²) in [5.74, 6) is 1.05. The molecular formula is C16H14FN7O. The topological polar surface area (TPSA) is 84.4 Å². The minimum absolute atomic E-state index is 0.320. The molecule has 0 amide bonds. The van der Waals surface area contributed by atoms with Crippen LogP contribution in [0.15, 0.2) is 41.1 Å². The Morgan fingerprint density at radius 3 is 3.08 bits per heavy atom. The summed E-state index contributed by atoms with van der Waals surface area (Å²) in [4.78, 5) is 6.44. The highest BCUT2D eigenvalue weighted by molar-refractivity contribution is 5.74. The highest BCUT2D eigenvalue weighted by Crippen LogP contribution is 2.24. The Morgan fingerprint density at radius 2 is 2.16 bits per heavy atom. The van der Waals surface area contributed by atoms with E-state index >= 15 is 0 Å². The molecular weight excluding hydrogens is 325 g/mol. The van der Waals surface area contributed by atoms with Crippen molar-refractivity contribution in [3.8, 4) is 0 Å². The molecule has 5 rings (SSSR count). The molecule has 1 N–H and O–H groups in total. The molecule has 0 radical (unpaired) electrons. The van der Waals surface area contributed by atoms with E-state index < -0.39 is 0 Å². The lowest BCUT2D eigenvalue weighted by Gasteiger charge is -2.39. The molecule has 1 aliphatic heterocycles. The average Bonchev–Trinajstić information content (AvgIpc) is 3.18. The summed E-state index contributed by atoms with van der Waals surface area (Å²) in [6, 6.07) is 8.58. The van der Waals surface area contributed by atoms with Gasteiger partial charge in [-0.2, -0.15) is 9.50 Å². The Balaban J connectivity index is 1.20. The van der Waals surface area contributed by atoms with Crippen molar-refractivity contribution >= 4 is 28.6 Å². The highest BCUT2D eigenvalue weighted by atomic mass is 19.1. The van der Waals surface area contributed by atoms with E-state index in [1.807, 2.05) is 12.1 Å². The number of fused-ring (bicyclic) bond motifs is 2. The maximum atomic E-state index is 13.2. The third-order valence-electron chi connectivity index (χ3n) is 4.32. The molecule has 0 spiro atoms. The molecule has 0 atom stereocenters. The molecule has 1 saturated heterocycles. The summed E-state index contributed by atoms with van der Waals surface area (Å²) in [6.07, 6.45) is 1.59. The first-order valence-electron chi connectivity index (χ1n) is 7.96. The van der Waals surface area contributed by atoms with Crippen molar-refractivity contribution in [1.82, 2.24) is 24.8 Å². The van der Waals surface area contributed by atoms with E-state index in [4.69, 9.17) is 4.42 Å². The van der Waals surface area contributed by atoms with Gasteiger partial charge in [-0.1, -0.05) is 0 Å². The highest BCUT2D eigenvalue weighted by Gasteiger charge is 2.28. The van der Waals surface area contributed by atoms with Crippen LogP contribution >= 0.6 is 0 Å². The van der Waals surface area contributed by atoms with E-state index in [9.17, 15) is 4.39 Å². The zero-order chi connectivity index (χ0) is 16.8. The number of nitrogens with one attached hydrogen (secondary N) is 1. The summed E-state index contributed by atoms with van der Waals surface area (Å²) in [5.41, 5.74) is 1.82. The number of nitrogens with zero attached hydrogens (tertiary/aromatic N) is 6. The molecule has 1 aromatic carbocycles. The van der Waals surface area contributed by atoms with Crippen molar-refractivity contribution in [3.05, 3.63) is 42.5 Å². The van der Waals surface area contributed by atoms with Crippen molar-refractivity contribution in [3.63, 3.8) is 0 Å². The molecule has 3 aromatic heterocycles. The Kier molecular flexibility index (Phi) is 3.06. The van der Waals surface area contributed by atoms with Gasteiger partial charge in [0.1, 0.15) is 23.5 Å². The van der Waals surface area contributed by atoms with E-state index in [0.717, 1.165) is 31.1 Å². The maximum Gasteiger partial charge on any atom is 0.295 e. The largest absolute Gasteiger partial charge is 0.424 e. The van der Waals surface area contributed by atoms with Crippen LogP contribution in [0.4, 0.5) is 16.2 Å². The number of aromatic nitrogens is 5. The predicted octanol–water partition coefficient (Wildman–Crippen LogP) is 1.95. The standard InChI is InChI=1S/C16H14FN7O/c17-11-1-2-13-12(5-11)20-16(25-13)18-6-10-7-23(8-10)15-4-3-14-21-19-9-24(14)22-15/h1-5,9-10H,6-8H2,(H,18,20). The van der Waals surface area contributed by atoms with Crippen LogP contribution in [0.2, 0.25) is 0 Å². The molecule has 0 saturated carbocycles. The summed E-state index contributed by atoms with van der Waals surface area (Å²) in [6.45, 7) is 2.52. The van der Waals surface area contributed by atoms with Crippen LogP contribution in [0.3, 0.4) is 0 Å². The van der Waals surface area contributed by atoms with Crippen LogP contribution in [0, 0.1) is 11.7 Å². The molecule has 8 nitrogen and oxygen atoms in total. The van der Waals surface area contributed by atoms with Crippen molar-refractivity contribution in [2.24, 2.45) is 5.92 Å². The van der Waals surface area contributed by atoms with E-state index in [-0.39, 0.29) is 5.82 Å². The number of halogens is 1. The predicted molar refractivity (Wildman–Crippen MR) is 88.9 cm³/mol. The molecule has 0 aliphatic carbocycles. The van der Waals surface area contributed by atoms with Crippen LogP contribution in [-0.2, 0) is 0 Å². The third-order valence-corrected chi connectivity index (χ3v) is 4.32. The van der Waals surface area contributed by atoms with Gasteiger partial charge in [0.2, 0.25) is 0 Å². The van der Waals surface area contributed by atoms with E-state index in [1.54, 1.807) is 16.9 Å². The molecule has 1 aliphatic rings. The zero-order valence-electron chi connectivity index (χ0n) is 13.1. The number of oxazole rings is 1. The third kappa shape index (κ3) is 2.53. The van der Waals surface area contributed by atoms with Gasteiger partial charge < -0.3 is 14.6 Å². The van der Waals surface area contributed by atoms with Gasteiger partial charge in [-0.3, -0.25) is 0 Å². The van der Waals surface area contributed by atoms with Crippen molar-refractivity contribution in [2.45, 2.75) is 0 Å². The van der Waals surface area contributed by atoms with Gasteiger partial charge in [-0.25, -0.2) is 4.39 Å². The van der Waals surface area contributed by atoms with Crippen LogP contribution in [-0.4, -0.2) is 44.4 Å². The average molecular weight is 339 g/mol. The van der Waals surface area contributed by atoms with Crippen LogP contribution in [0.1, 0.15) is 0 Å². The van der Waals surface area contributed by atoms with Gasteiger partial charge in [-0.15, -0.1) is 15.3 Å². The number of anilines is 2. The van der Waals surface area contributed by atoms with Crippen molar-refractivity contribution < 1.29 is 8.81 Å². The Bertz CT molecular complexity index is 1050. The lowest BCUT2D eigenvalue weighted by molar-refractivity contribution is 0.420. The Labute approximate surface area is 141 Å². The van der Waals surface area contributed by atoms with Crippen LogP contribution in [0.5, 0.6) is 0 Å². The first kappa shape index (κ1) is 14.1. The quantitative estimate of drug-likeness (QED) is 0.608. The summed E-state index contributed by atoms with van der Waals surface area (Å²) in [7, 11) is 0. The fraction of sp³-hybridized carbons (Fsp3) is 0.250. The monoisotopic (exact) mass is 339 g/mol. The van der Waals surface area contributed by atoms with Crippen molar-refractivity contribution in [1.29, 1.82) is 0 Å². The fourth-order valence-electron chi connectivity index (χ4n) is 2.98. The molecule has 1 fully saturated rings. The van der Waals surface area contributed by atoms with Gasteiger partial charge in [0.25, 0.3) is 6.01 Å². The number of rotatable bonds is 4. The second-order valence-electron chi connectivity index (χ2n) is 6.11. The smallest absolute Gasteiger partial charge is 0.295 e. The van der Waals surface area contributed by atoms with E-state index in [1.165, 1.54) is 12.1 Å². The zero-order valence-corrected chi connectivity index (χ0v) is 13.1. The molecule has 4 aromatic rings. The summed E-state index contributed by atoms with van der Waals surface area (Å²) in [5, 5.41) is 15.4. The maximum absolute atomic E-state index is 13.2. The number of hydrogen-bond acceptors (Lipinski definition) is 7. The Morgan fingerprint density at radius 1 is 1.24 bits per heavy atom. The van der Waals surface area contributed by atoms with Gasteiger partial charge in [0, 0.05) is 31.6 Å². The van der Waals surface area contributed by atoms with Crippen LogP contribution < -0.4 is 10.2 Å². The molecule has 9 heteroatoms.